The van der Waals surface area contributed by atoms with Crippen molar-refractivity contribution in [1.29, 1.82) is 0 Å². The van der Waals surface area contributed by atoms with Crippen LogP contribution in [0.1, 0.15) is 73.1 Å². The normalized spacial score (nSPS) is 25.8. The molecule has 0 bridgehead atoms. The summed E-state index contributed by atoms with van der Waals surface area (Å²) < 4.78 is 11.2. The van der Waals surface area contributed by atoms with Gasteiger partial charge in [0.15, 0.2) is 6.04 Å². The minimum absolute atomic E-state index is 0.00672. The predicted octanol–water partition coefficient (Wildman–Crippen LogP) is 3.43. The monoisotopic (exact) mass is 615 g/mol. The molecule has 3 aliphatic heterocycles. The Labute approximate surface area is 262 Å². The minimum Gasteiger partial charge on any atom is -0.444 e. The molecule has 3 heterocycles. The lowest BCUT2D eigenvalue weighted by Gasteiger charge is -2.45. The van der Waals surface area contributed by atoms with Gasteiger partial charge in [0.25, 0.3) is 0 Å². The fraction of sp³-hybridized carbons (Fsp3) is 0.758. The van der Waals surface area contributed by atoms with Crippen LogP contribution >= 0.6 is 0 Å². The van der Waals surface area contributed by atoms with Gasteiger partial charge in [-0.1, -0.05) is 26.0 Å². The molecule has 11 heteroatoms. The van der Waals surface area contributed by atoms with Gasteiger partial charge in [0.1, 0.15) is 5.60 Å². The molecule has 0 saturated carbocycles. The number of carbonyl (C=O) groups excluding carboxylic acids is 3. The number of hydrogen-bond acceptors (Lipinski definition) is 8. The van der Waals surface area contributed by atoms with E-state index in [1.807, 2.05) is 36.9 Å². The Balaban J connectivity index is 1.61. The summed E-state index contributed by atoms with van der Waals surface area (Å²) in [7, 11) is 0. The summed E-state index contributed by atoms with van der Waals surface area (Å²) in [4.78, 5) is 54.0. The topological polar surface area (TPSA) is 115 Å². The van der Waals surface area contributed by atoms with E-state index < -0.39 is 23.7 Å². The SMILES string of the molecule is CC(C)CN(C(=O)C1N=CN(C2=CC=CCC2)C1CCCCO)[C@H]1C[C@@H](C(=O)N2CCOCC2)CN(C(=O)OC(C)(C)C)C1. The first-order valence-corrected chi connectivity index (χ1v) is 16.4. The largest absolute Gasteiger partial charge is 0.444 e. The van der Waals surface area contributed by atoms with Crippen LogP contribution < -0.4 is 0 Å². The summed E-state index contributed by atoms with van der Waals surface area (Å²) in [5.74, 6) is -0.366. The van der Waals surface area contributed by atoms with E-state index in [0.29, 0.717) is 52.2 Å². The second kappa shape index (κ2) is 15.4. The second-order valence-corrected chi connectivity index (χ2v) is 13.8. The molecular weight excluding hydrogens is 562 g/mol. The third kappa shape index (κ3) is 8.84. The number of piperidine rings is 1. The average molecular weight is 616 g/mol. The number of aliphatic hydroxyl groups is 1. The predicted molar refractivity (Wildman–Crippen MR) is 169 cm³/mol. The Bertz CT molecular complexity index is 1090. The third-order valence-electron chi connectivity index (χ3n) is 8.60. The lowest BCUT2D eigenvalue weighted by Crippen LogP contribution is -2.60. The summed E-state index contributed by atoms with van der Waals surface area (Å²) in [5, 5.41) is 9.47. The molecule has 2 unspecified atom stereocenters. The molecule has 0 aromatic rings. The van der Waals surface area contributed by atoms with Crippen molar-refractivity contribution < 1.29 is 29.0 Å². The lowest BCUT2D eigenvalue weighted by molar-refractivity contribution is -0.146. The molecule has 0 aromatic heterocycles. The molecule has 0 spiro atoms. The number of allylic oxidation sites excluding steroid dienone is 4. The third-order valence-corrected chi connectivity index (χ3v) is 8.60. The Kier molecular flexibility index (Phi) is 11.9. The van der Waals surface area contributed by atoms with Gasteiger partial charge in [-0.05, 0) is 71.3 Å². The number of nitrogens with zero attached hydrogens (tertiary/aromatic N) is 5. The molecule has 4 atom stereocenters. The highest BCUT2D eigenvalue weighted by Crippen LogP contribution is 2.31. The van der Waals surface area contributed by atoms with Crippen molar-refractivity contribution in [1.82, 2.24) is 19.6 Å². The molecule has 3 amide bonds. The number of ether oxygens (including phenoxy) is 2. The van der Waals surface area contributed by atoms with Crippen molar-refractivity contribution in [3.8, 4) is 0 Å². The van der Waals surface area contributed by atoms with Crippen LogP contribution in [0.4, 0.5) is 4.79 Å². The highest BCUT2D eigenvalue weighted by atomic mass is 16.6. The summed E-state index contributed by atoms with van der Waals surface area (Å²) in [6, 6.07) is -1.12. The molecule has 4 rings (SSSR count). The van der Waals surface area contributed by atoms with Crippen molar-refractivity contribution in [3.63, 3.8) is 0 Å². The molecular formula is C33H53N5O6. The highest BCUT2D eigenvalue weighted by Gasteiger charge is 2.45. The smallest absolute Gasteiger partial charge is 0.410 e. The van der Waals surface area contributed by atoms with E-state index in [-0.39, 0.29) is 43.0 Å². The van der Waals surface area contributed by atoms with Gasteiger partial charge in [-0.25, -0.2) is 4.79 Å². The molecule has 11 nitrogen and oxygen atoms in total. The van der Waals surface area contributed by atoms with Gasteiger partial charge in [0.05, 0.1) is 37.6 Å². The van der Waals surface area contributed by atoms with Crippen LogP contribution in [0.25, 0.3) is 0 Å². The van der Waals surface area contributed by atoms with Crippen LogP contribution in [0.15, 0.2) is 28.9 Å². The first-order valence-electron chi connectivity index (χ1n) is 16.4. The van der Waals surface area contributed by atoms with Crippen molar-refractivity contribution in [3.05, 3.63) is 23.9 Å². The fourth-order valence-electron chi connectivity index (χ4n) is 6.54. The van der Waals surface area contributed by atoms with Crippen LogP contribution in [0.5, 0.6) is 0 Å². The number of carbonyl (C=O) groups is 3. The van der Waals surface area contributed by atoms with Crippen LogP contribution in [-0.2, 0) is 19.1 Å². The number of unbranched alkanes of at least 4 members (excludes halogenated alkanes) is 1. The summed E-state index contributed by atoms with van der Waals surface area (Å²) >= 11 is 0. The van der Waals surface area contributed by atoms with E-state index in [2.05, 4.69) is 37.0 Å². The van der Waals surface area contributed by atoms with Gasteiger partial charge in [-0.2, -0.15) is 0 Å². The van der Waals surface area contributed by atoms with Crippen LogP contribution in [0.2, 0.25) is 0 Å². The maximum atomic E-state index is 14.6. The Morgan fingerprint density at radius 3 is 2.52 bits per heavy atom. The second-order valence-electron chi connectivity index (χ2n) is 13.8. The Morgan fingerprint density at radius 1 is 1.14 bits per heavy atom. The molecule has 2 saturated heterocycles. The standard InChI is InChI=1S/C33H53N5O6/c1-24(2)20-37(31(41)29-28(13-9-10-16-39)38(23-34-29)26-11-7-6-8-12-26)27-19-25(30(40)35-14-17-43-18-15-35)21-36(22-27)32(42)44-33(3,4)5/h6-7,11,23-25,27-29,39H,8-10,12-22H2,1-5H3/t25-,27+,28?,29?/m1/s1. The van der Waals surface area contributed by atoms with E-state index in [9.17, 15) is 19.5 Å². The lowest BCUT2D eigenvalue weighted by atomic mass is 9.90. The van der Waals surface area contributed by atoms with Crippen LogP contribution in [-0.4, -0.2) is 125 Å². The van der Waals surface area contributed by atoms with E-state index >= 15 is 0 Å². The zero-order valence-electron chi connectivity index (χ0n) is 27.3. The summed E-state index contributed by atoms with van der Waals surface area (Å²) in [6.45, 7) is 12.8. The first kappa shape index (κ1) is 34.0. The van der Waals surface area contributed by atoms with Gasteiger partial charge in [0, 0.05) is 45.0 Å². The van der Waals surface area contributed by atoms with Gasteiger partial charge in [-0.15, -0.1) is 0 Å². The number of aliphatic hydroxyl groups excluding tert-OH is 1. The molecule has 0 aromatic carbocycles. The van der Waals surface area contributed by atoms with E-state index in [1.54, 1.807) is 4.90 Å². The molecule has 44 heavy (non-hydrogen) atoms. The number of aliphatic imine (C=N–C) groups is 1. The average Bonchev–Trinajstić information content (AvgIpc) is 3.43. The van der Waals surface area contributed by atoms with Crippen molar-refractivity contribution in [2.75, 3.05) is 52.5 Å². The van der Waals surface area contributed by atoms with E-state index in [1.165, 1.54) is 0 Å². The highest BCUT2D eigenvalue weighted by molar-refractivity contribution is 5.87. The molecule has 1 aliphatic carbocycles. The van der Waals surface area contributed by atoms with Gasteiger partial charge >= 0.3 is 6.09 Å². The van der Waals surface area contributed by atoms with Crippen molar-refractivity contribution >= 4 is 24.2 Å². The fourth-order valence-corrected chi connectivity index (χ4v) is 6.54. The molecule has 246 valence electrons. The van der Waals surface area contributed by atoms with E-state index in [4.69, 9.17) is 14.5 Å². The van der Waals surface area contributed by atoms with E-state index in [0.717, 1.165) is 31.4 Å². The number of amides is 3. The Morgan fingerprint density at radius 2 is 1.89 bits per heavy atom. The summed E-state index contributed by atoms with van der Waals surface area (Å²) in [6.07, 6.45) is 12.1. The molecule has 2 fully saturated rings. The quantitative estimate of drug-likeness (QED) is 0.375. The summed E-state index contributed by atoms with van der Waals surface area (Å²) in [5.41, 5.74) is 0.453. The number of rotatable bonds is 10. The minimum atomic E-state index is -0.687. The maximum Gasteiger partial charge on any atom is 0.410 e. The van der Waals surface area contributed by atoms with Crippen LogP contribution in [0, 0.1) is 11.8 Å². The zero-order valence-corrected chi connectivity index (χ0v) is 27.3. The first-order chi connectivity index (χ1) is 21.0. The zero-order chi connectivity index (χ0) is 31.9. The number of hydrogen-bond donors (Lipinski definition) is 1. The Hall–Kier alpha value is -2.92. The number of morpholine rings is 1. The molecule has 0 radical (unpaired) electrons. The maximum absolute atomic E-state index is 14.6. The van der Waals surface area contributed by atoms with Crippen molar-refractivity contribution in [2.24, 2.45) is 16.8 Å². The van der Waals surface area contributed by atoms with Gasteiger partial charge in [-0.3, -0.25) is 14.6 Å². The number of likely N-dealkylation sites (tertiary alicyclic amines) is 1. The van der Waals surface area contributed by atoms with Gasteiger partial charge in [0.2, 0.25) is 11.8 Å². The van der Waals surface area contributed by atoms with Crippen molar-refractivity contribution in [2.45, 2.75) is 96.9 Å². The molecule has 1 N–H and O–H groups in total. The molecule has 4 aliphatic rings. The van der Waals surface area contributed by atoms with Gasteiger partial charge < -0.3 is 34.2 Å². The van der Waals surface area contributed by atoms with Crippen LogP contribution in [0.3, 0.4) is 0 Å².